The molecule has 0 aromatic heterocycles. The summed E-state index contributed by atoms with van der Waals surface area (Å²) in [5.41, 5.74) is 5.80. The number of likely N-dealkylation sites (tertiary alicyclic amines) is 1. The summed E-state index contributed by atoms with van der Waals surface area (Å²) in [5.74, 6) is 0.823. The second-order valence-electron chi connectivity index (χ2n) is 6.20. The molecule has 1 rings (SSSR count). The predicted octanol–water partition coefficient (Wildman–Crippen LogP) is 3.40. The topological polar surface area (TPSA) is 29.3 Å². The van der Waals surface area contributed by atoms with Gasteiger partial charge in [-0.1, -0.05) is 20.3 Å². The third-order valence-electron chi connectivity index (χ3n) is 4.30. The van der Waals surface area contributed by atoms with Crippen molar-refractivity contribution in [2.45, 2.75) is 84.3 Å². The average Bonchev–Trinajstić information content (AvgIpc) is 2.59. The molecule has 102 valence electrons. The van der Waals surface area contributed by atoms with E-state index in [1.54, 1.807) is 0 Å². The zero-order chi connectivity index (χ0) is 12.8. The van der Waals surface area contributed by atoms with Gasteiger partial charge in [-0.2, -0.15) is 0 Å². The molecular formula is C15H32N2. The summed E-state index contributed by atoms with van der Waals surface area (Å²) in [7, 11) is 0. The normalized spacial score (nSPS) is 29.5. The molecule has 1 aliphatic rings. The van der Waals surface area contributed by atoms with Crippen LogP contribution in [-0.2, 0) is 0 Å². The maximum Gasteiger partial charge on any atom is 0.00961 e. The zero-order valence-corrected chi connectivity index (χ0v) is 12.3. The van der Waals surface area contributed by atoms with E-state index in [0.29, 0.717) is 6.04 Å². The van der Waals surface area contributed by atoms with Crippen LogP contribution in [0.25, 0.3) is 0 Å². The molecule has 17 heavy (non-hydrogen) atoms. The molecule has 1 saturated heterocycles. The van der Waals surface area contributed by atoms with Crippen molar-refractivity contribution in [3.63, 3.8) is 0 Å². The Morgan fingerprint density at radius 3 is 2.53 bits per heavy atom. The molecule has 0 aromatic rings. The van der Waals surface area contributed by atoms with Crippen molar-refractivity contribution in [3.8, 4) is 0 Å². The van der Waals surface area contributed by atoms with Gasteiger partial charge in [-0.3, -0.25) is 4.90 Å². The van der Waals surface area contributed by atoms with Crippen molar-refractivity contribution in [1.29, 1.82) is 0 Å². The Bertz CT molecular complexity index is 203. The first kappa shape index (κ1) is 15.0. The molecular weight excluding hydrogens is 208 g/mol. The van der Waals surface area contributed by atoms with Gasteiger partial charge in [0.05, 0.1) is 0 Å². The molecule has 0 amide bonds. The molecule has 1 heterocycles. The summed E-state index contributed by atoms with van der Waals surface area (Å²) in [6.07, 6.45) is 7.92. The largest absolute Gasteiger partial charge is 0.328 e. The summed E-state index contributed by atoms with van der Waals surface area (Å²) < 4.78 is 0. The number of nitrogens with zero attached hydrogens (tertiary/aromatic N) is 1. The fourth-order valence-electron chi connectivity index (χ4n) is 3.13. The maximum atomic E-state index is 5.80. The van der Waals surface area contributed by atoms with Crippen molar-refractivity contribution in [2.75, 3.05) is 6.54 Å². The van der Waals surface area contributed by atoms with Crippen molar-refractivity contribution in [3.05, 3.63) is 0 Å². The molecule has 0 aliphatic carbocycles. The molecule has 0 bridgehead atoms. The Hall–Kier alpha value is -0.0800. The molecule has 0 spiro atoms. The van der Waals surface area contributed by atoms with Crippen LogP contribution >= 0.6 is 0 Å². The maximum absolute atomic E-state index is 5.80. The smallest absolute Gasteiger partial charge is 0.00961 e. The summed E-state index contributed by atoms with van der Waals surface area (Å²) in [5, 5.41) is 0. The second kappa shape index (κ2) is 7.38. The predicted molar refractivity (Wildman–Crippen MR) is 76.1 cm³/mol. The summed E-state index contributed by atoms with van der Waals surface area (Å²) in [6.45, 7) is 10.5. The van der Waals surface area contributed by atoms with E-state index in [9.17, 15) is 0 Å². The first-order valence-electron chi connectivity index (χ1n) is 7.55. The first-order chi connectivity index (χ1) is 8.04. The Morgan fingerprint density at radius 1 is 1.24 bits per heavy atom. The summed E-state index contributed by atoms with van der Waals surface area (Å²) in [4.78, 5) is 2.75. The fourth-order valence-corrected chi connectivity index (χ4v) is 3.13. The number of rotatable bonds is 7. The Morgan fingerprint density at radius 2 is 1.94 bits per heavy atom. The van der Waals surface area contributed by atoms with Crippen LogP contribution in [-0.4, -0.2) is 29.6 Å². The number of hydrogen-bond acceptors (Lipinski definition) is 2. The van der Waals surface area contributed by atoms with Gasteiger partial charge in [0.1, 0.15) is 0 Å². The van der Waals surface area contributed by atoms with Crippen LogP contribution in [0.1, 0.15) is 66.2 Å². The van der Waals surface area contributed by atoms with Gasteiger partial charge in [-0.05, 0) is 51.9 Å². The van der Waals surface area contributed by atoms with Crippen LogP contribution in [0.4, 0.5) is 0 Å². The molecule has 2 N–H and O–H groups in total. The van der Waals surface area contributed by atoms with E-state index in [4.69, 9.17) is 5.73 Å². The molecule has 0 saturated carbocycles. The average molecular weight is 240 g/mol. The van der Waals surface area contributed by atoms with E-state index in [1.807, 2.05) is 0 Å². The van der Waals surface area contributed by atoms with Crippen molar-refractivity contribution in [1.82, 2.24) is 4.90 Å². The highest BCUT2D eigenvalue weighted by Crippen LogP contribution is 2.27. The van der Waals surface area contributed by atoms with Crippen LogP contribution in [0.5, 0.6) is 0 Å². The van der Waals surface area contributed by atoms with Crippen molar-refractivity contribution >= 4 is 0 Å². The molecule has 2 nitrogen and oxygen atoms in total. The first-order valence-corrected chi connectivity index (χ1v) is 7.55. The Balaban J connectivity index is 2.26. The highest BCUT2D eigenvalue weighted by molar-refractivity contribution is 4.85. The highest BCUT2D eigenvalue weighted by atomic mass is 15.2. The minimum atomic E-state index is 0.372. The molecule has 2 heteroatoms. The molecule has 0 aromatic carbocycles. The van der Waals surface area contributed by atoms with Gasteiger partial charge in [-0.15, -0.1) is 0 Å². The lowest BCUT2D eigenvalue weighted by Gasteiger charge is -2.30. The molecule has 0 radical (unpaired) electrons. The summed E-state index contributed by atoms with van der Waals surface area (Å²) in [6, 6.07) is 2.02. The fraction of sp³-hybridized carbons (Fsp3) is 1.00. The van der Waals surface area contributed by atoms with Gasteiger partial charge in [0.25, 0.3) is 0 Å². The molecule has 4 atom stereocenters. The van der Waals surface area contributed by atoms with E-state index in [1.165, 1.54) is 45.1 Å². The molecule has 1 fully saturated rings. The molecule has 1 aliphatic heterocycles. The van der Waals surface area contributed by atoms with Crippen LogP contribution < -0.4 is 5.73 Å². The Kier molecular flexibility index (Phi) is 6.50. The van der Waals surface area contributed by atoms with Crippen LogP contribution in [0.15, 0.2) is 0 Å². The lowest BCUT2D eigenvalue weighted by Crippen LogP contribution is -2.37. The van der Waals surface area contributed by atoms with Crippen molar-refractivity contribution < 1.29 is 0 Å². The van der Waals surface area contributed by atoms with Gasteiger partial charge < -0.3 is 5.73 Å². The van der Waals surface area contributed by atoms with Crippen molar-refractivity contribution in [2.24, 2.45) is 11.7 Å². The monoisotopic (exact) mass is 240 g/mol. The summed E-state index contributed by atoms with van der Waals surface area (Å²) >= 11 is 0. The minimum Gasteiger partial charge on any atom is -0.328 e. The third kappa shape index (κ3) is 4.97. The lowest BCUT2D eigenvalue weighted by molar-refractivity contribution is 0.167. The SMILES string of the molecule is CCC1CCC(C)N1CC(C)CCCC(C)N. The van der Waals surface area contributed by atoms with E-state index in [-0.39, 0.29) is 0 Å². The standard InChI is InChI=1S/C15H32N2/c1-5-15-10-9-14(4)17(15)11-12(2)7-6-8-13(3)16/h12-15H,5-11,16H2,1-4H3. The van der Waals surface area contributed by atoms with Gasteiger partial charge in [-0.25, -0.2) is 0 Å². The lowest BCUT2D eigenvalue weighted by atomic mass is 10.0. The minimum absolute atomic E-state index is 0.372. The van der Waals surface area contributed by atoms with E-state index >= 15 is 0 Å². The quantitative estimate of drug-likeness (QED) is 0.739. The van der Waals surface area contributed by atoms with Crippen LogP contribution in [0.3, 0.4) is 0 Å². The third-order valence-corrected chi connectivity index (χ3v) is 4.30. The molecule has 4 unspecified atom stereocenters. The van der Waals surface area contributed by atoms with Gasteiger partial charge in [0.2, 0.25) is 0 Å². The second-order valence-corrected chi connectivity index (χ2v) is 6.20. The van der Waals surface area contributed by atoms with Gasteiger partial charge in [0, 0.05) is 24.7 Å². The number of nitrogens with two attached hydrogens (primary N) is 1. The van der Waals surface area contributed by atoms with E-state index in [2.05, 4.69) is 32.6 Å². The van der Waals surface area contributed by atoms with Gasteiger partial charge >= 0.3 is 0 Å². The number of hydrogen-bond donors (Lipinski definition) is 1. The zero-order valence-electron chi connectivity index (χ0n) is 12.3. The highest BCUT2D eigenvalue weighted by Gasteiger charge is 2.29. The van der Waals surface area contributed by atoms with E-state index in [0.717, 1.165) is 18.0 Å². The van der Waals surface area contributed by atoms with Gasteiger partial charge in [0.15, 0.2) is 0 Å². The van der Waals surface area contributed by atoms with E-state index < -0.39 is 0 Å². The van der Waals surface area contributed by atoms with Crippen LogP contribution in [0.2, 0.25) is 0 Å². The van der Waals surface area contributed by atoms with Crippen LogP contribution in [0, 0.1) is 5.92 Å². The Labute approximate surface area is 108 Å².